The van der Waals surface area contributed by atoms with Gasteiger partial charge >= 0.3 is 16.4 Å². The minimum absolute atomic E-state index is 0.273. The molecule has 12 nitrogen and oxygen atoms in total. The minimum Gasteiger partial charge on any atom is -0.384 e. The van der Waals surface area contributed by atoms with Crippen molar-refractivity contribution in [2.75, 3.05) is 33.2 Å². The van der Waals surface area contributed by atoms with Gasteiger partial charge in [0.25, 0.3) is 0 Å². The van der Waals surface area contributed by atoms with Crippen LogP contribution in [0.5, 0.6) is 0 Å². The van der Waals surface area contributed by atoms with Crippen molar-refractivity contribution < 1.29 is 31.7 Å². The Hall–Kier alpha value is -1.77. The summed E-state index contributed by atoms with van der Waals surface area (Å²) in [6, 6.07) is 0.130. The van der Waals surface area contributed by atoms with Crippen LogP contribution in [0, 0.1) is 5.41 Å². The van der Waals surface area contributed by atoms with Crippen LogP contribution >= 0.6 is 0 Å². The molecule has 3 aliphatic rings. The third kappa shape index (κ3) is 3.98. The Morgan fingerprint density at radius 3 is 2.86 bits per heavy atom. The number of hydrogen-bond acceptors (Lipinski definition) is 9. The number of likely N-dealkylation sites (N-methyl/N-ethyl adjacent to an activating group) is 1. The van der Waals surface area contributed by atoms with Gasteiger partial charge in [-0.05, 0) is 31.7 Å². The second-order valence-corrected chi connectivity index (χ2v) is 8.84. The molecule has 13 heteroatoms. The number of piperidine rings is 1. The molecule has 2 saturated heterocycles. The Morgan fingerprint density at radius 2 is 2.21 bits per heavy atom. The van der Waals surface area contributed by atoms with Gasteiger partial charge in [-0.1, -0.05) is 5.16 Å². The summed E-state index contributed by atoms with van der Waals surface area (Å²) in [6.07, 6.45) is 1.34. The average Bonchev–Trinajstić information content (AvgIpc) is 3.14. The molecule has 1 aromatic heterocycles. The SMILES string of the molecule is CNCCNC[C@H](O)c1cc([C@@H]2CC3(CC3)[C@@H]3CN2C(=O)N3OS(=O)(=O)O)no1. The number of hydroxylamine groups is 2. The van der Waals surface area contributed by atoms with Crippen LogP contribution in [-0.4, -0.2) is 78.5 Å². The second-order valence-electron chi connectivity index (χ2n) is 7.84. The maximum Gasteiger partial charge on any atom is 0.418 e. The van der Waals surface area contributed by atoms with E-state index in [0.717, 1.165) is 24.4 Å². The van der Waals surface area contributed by atoms with Crippen LogP contribution in [0.1, 0.15) is 42.9 Å². The van der Waals surface area contributed by atoms with Crippen LogP contribution in [0.2, 0.25) is 0 Å². The summed E-state index contributed by atoms with van der Waals surface area (Å²) in [6.45, 7) is 2.02. The van der Waals surface area contributed by atoms with Crippen molar-refractivity contribution in [3.8, 4) is 0 Å². The molecule has 4 N–H and O–H groups in total. The van der Waals surface area contributed by atoms with Crippen molar-refractivity contribution >= 4 is 16.4 Å². The summed E-state index contributed by atoms with van der Waals surface area (Å²) in [7, 11) is -2.97. The van der Waals surface area contributed by atoms with E-state index in [9.17, 15) is 18.3 Å². The van der Waals surface area contributed by atoms with Gasteiger partial charge in [-0.25, -0.2) is 4.79 Å². The van der Waals surface area contributed by atoms with Crippen molar-refractivity contribution in [2.45, 2.75) is 37.5 Å². The number of rotatable bonds is 9. The standard InChI is InChI=1S/C16H25N5O7S/c1-17-4-5-18-8-12(22)13-6-10(19-27-13)11-7-16(2-3-16)14-9-20(11)15(23)21(14)28-29(24,25)26/h6,11-12,14,17-18,22H,2-5,7-9H2,1H3,(H,24,25,26)/t11-,12-,14-/m0/s1. The molecule has 2 aliphatic heterocycles. The third-order valence-corrected chi connectivity index (χ3v) is 6.29. The largest absolute Gasteiger partial charge is 0.418 e. The van der Waals surface area contributed by atoms with Gasteiger partial charge in [0.15, 0.2) is 5.76 Å². The van der Waals surface area contributed by atoms with Gasteiger partial charge in [-0.15, -0.1) is 4.28 Å². The van der Waals surface area contributed by atoms with Crippen molar-refractivity contribution in [1.82, 2.24) is 25.8 Å². The fourth-order valence-electron chi connectivity index (χ4n) is 4.25. The molecule has 4 rings (SSSR count). The monoisotopic (exact) mass is 431 g/mol. The Morgan fingerprint density at radius 1 is 1.45 bits per heavy atom. The Bertz CT molecular complexity index is 871. The highest BCUT2D eigenvalue weighted by Gasteiger charge is 2.64. The van der Waals surface area contributed by atoms with Gasteiger partial charge < -0.3 is 25.2 Å². The Labute approximate surface area is 168 Å². The average molecular weight is 431 g/mol. The topological polar surface area (TPSA) is 157 Å². The number of nitrogens with one attached hydrogen (secondary N) is 2. The number of amides is 2. The van der Waals surface area contributed by atoms with E-state index in [1.54, 1.807) is 6.07 Å². The maximum absolute atomic E-state index is 12.7. The van der Waals surface area contributed by atoms with Crippen LogP contribution in [0.15, 0.2) is 10.6 Å². The first kappa shape index (κ1) is 20.5. The Balaban J connectivity index is 1.49. The zero-order valence-corrected chi connectivity index (χ0v) is 16.8. The summed E-state index contributed by atoms with van der Waals surface area (Å²) in [5.74, 6) is 0.293. The molecule has 1 aromatic rings. The van der Waals surface area contributed by atoms with Crippen molar-refractivity contribution in [3.63, 3.8) is 0 Å². The molecule has 1 aliphatic carbocycles. The molecular weight excluding hydrogens is 406 g/mol. The summed E-state index contributed by atoms with van der Waals surface area (Å²) >= 11 is 0. The summed E-state index contributed by atoms with van der Waals surface area (Å²) in [4.78, 5) is 14.2. The lowest BCUT2D eigenvalue weighted by atomic mass is 9.84. The number of carbonyl (C=O) groups excluding carboxylic acids is 1. The number of aliphatic hydroxyl groups excluding tert-OH is 1. The Kier molecular flexibility index (Phi) is 5.29. The lowest BCUT2D eigenvalue weighted by molar-refractivity contribution is -0.0527. The highest BCUT2D eigenvalue weighted by molar-refractivity contribution is 7.80. The van der Waals surface area contributed by atoms with Crippen LogP contribution in [0.3, 0.4) is 0 Å². The number of aliphatic hydroxyl groups is 1. The highest BCUT2D eigenvalue weighted by atomic mass is 32.3. The van der Waals surface area contributed by atoms with Gasteiger partial charge in [0.05, 0.1) is 12.1 Å². The van der Waals surface area contributed by atoms with Gasteiger partial charge in [0.1, 0.15) is 11.8 Å². The van der Waals surface area contributed by atoms with Crippen molar-refractivity contribution in [1.29, 1.82) is 0 Å². The van der Waals surface area contributed by atoms with E-state index in [1.165, 1.54) is 4.90 Å². The van der Waals surface area contributed by atoms with E-state index in [1.807, 2.05) is 7.05 Å². The maximum atomic E-state index is 12.7. The van der Waals surface area contributed by atoms with E-state index >= 15 is 0 Å². The molecule has 3 atom stereocenters. The smallest absolute Gasteiger partial charge is 0.384 e. The normalized spacial score (nSPS) is 26.4. The summed E-state index contributed by atoms with van der Waals surface area (Å²) < 4.78 is 41.2. The quantitative estimate of drug-likeness (QED) is 0.299. The van der Waals surface area contributed by atoms with Crippen molar-refractivity contribution in [3.05, 3.63) is 17.5 Å². The molecule has 3 fully saturated rings. The zero-order valence-electron chi connectivity index (χ0n) is 15.9. The number of hydrogen-bond donors (Lipinski definition) is 4. The molecule has 0 aromatic carbocycles. The van der Waals surface area contributed by atoms with Gasteiger partial charge in [0, 0.05) is 32.2 Å². The van der Waals surface area contributed by atoms with Gasteiger partial charge in [-0.2, -0.15) is 13.5 Å². The molecular formula is C16H25N5O7S. The molecule has 1 spiro atoms. The second kappa shape index (κ2) is 7.49. The number of urea groups is 1. The zero-order chi connectivity index (χ0) is 20.8. The first-order valence-electron chi connectivity index (χ1n) is 9.51. The van der Waals surface area contributed by atoms with Crippen LogP contribution in [-0.2, 0) is 14.7 Å². The lowest BCUT2D eigenvalue weighted by Gasteiger charge is -2.35. The fourth-order valence-corrected chi connectivity index (χ4v) is 4.62. The number of aromatic nitrogens is 1. The van der Waals surface area contributed by atoms with Crippen molar-refractivity contribution in [2.24, 2.45) is 5.41 Å². The first-order valence-corrected chi connectivity index (χ1v) is 10.9. The predicted octanol–water partition coefficient (Wildman–Crippen LogP) is -0.417. The van der Waals surface area contributed by atoms with Gasteiger partial charge in [-0.3, -0.25) is 4.55 Å². The summed E-state index contributed by atoms with van der Waals surface area (Å²) in [5.41, 5.74) is 0.228. The minimum atomic E-state index is -4.80. The molecule has 0 radical (unpaired) electrons. The van der Waals surface area contributed by atoms with Gasteiger partial charge in [0.2, 0.25) is 0 Å². The molecule has 2 bridgehead atoms. The molecule has 1 saturated carbocycles. The summed E-state index contributed by atoms with van der Waals surface area (Å²) in [5, 5.41) is 21.2. The number of carbonyl (C=O) groups is 1. The molecule has 29 heavy (non-hydrogen) atoms. The van der Waals surface area contributed by atoms with E-state index in [2.05, 4.69) is 20.1 Å². The van der Waals surface area contributed by atoms with E-state index in [0.29, 0.717) is 31.0 Å². The molecule has 0 unspecified atom stereocenters. The fraction of sp³-hybridized carbons (Fsp3) is 0.750. The van der Waals surface area contributed by atoms with E-state index in [4.69, 9.17) is 9.08 Å². The van der Waals surface area contributed by atoms with Crippen LogP contribution in [0.4, 0.5) is 4.79 Å². The van der Waals surface area contributed by atoms with E-state index in [-0.39, 0.29) is 12.0 Å². The van der Waals surface area contributed by atoms with Crippen LogP contribution < -0.4 is 10.6 Å². The van der Waals surface area contributed by atoms with Crippen LogP contribution in [0.25, 0.3) is 0 Å². The third-order valence-electron chi connectivity index (χ3n) is 5.94. The lowest BCUT2D eigenvalue weighted by Crippen LogP contribution is -2.43. The molecule has 2 amide bonds. The predicted molar refractivity (Wildman–Crippen MR) is 97.6 cm³/mol. The number of nitrogens with zero attached hydrogens (tertiary/aromatic N) is 3. The number of fused-ring (bicyclic) bond motifs is 3. The molecule has 162 valence electrons. The first-order chi connectivity index (χ1) is 13.7. The highest BCUT2D eigenvalue weighted by Crippen LogP contribution is 2.61. The van der Waals surface area contributed by atoms with E-state index < -0.39 is 34.6 Å². The molecule has 3 heterocycles.